The first kappa shape index (κ1) is 38.8. The third kappa shape index (κ3) is 10.3. The molecule has 46 heavy (non-hydrogen) atoms. The van der Waals surface area contributed by atoms with Crippen molar-refractivity contribution in [2.75, 3.05) is 32.7 Å². The maximum absolute atomic E-state index is 13.2. The van der Waals surface area contributed by atoms with Gasteiger partial charge in [-0.3, -0.25) is 4.90 Å². The summed E-state index contributed by atoms with van der Waals surface area (Å²) in [5.41, 5.74) is 1.08. The number of alkyl halides is 3. The second kappa shape index (κ2) is 17.5. The van der Waals surface area contributed by atoms with Crippen LogP contribution in [0.3, 0.4) is 0 Å². The molecular weight excluding hydrogens is 668 g/mol. The van der Waals surface area contributed by atoms with E-state index < -0.39 is 23.5 Å². The Morgan fingerprint density at radius 2 is 1.59 bits per heavy atom. The summed E-state index contributed by atoms with van der Waals surface area (Å²) in [5.74, 6) is -1.41. The van der Waals surface area contributed by atoms with E-state index in [0.717, 1.165) is 55.1 Å². The quantitative estimate of drug-likeness (QED) is 0.106. The van der Waals surface area contributed by atoms with Gasteiger partial charge in [-0.1, -0.05) is 44.5 Å². The Morgan fingerprint density at radius 3 is 2.22 bits per heavy atom. The van der Waals surface area contributed by atoms with E-state index in [1.807, 2.05) is 12.1 Å². The normalized spacial score (nSPS) is 11.3. The van der Waals surface area contributed by atoms with E-state index in [4.69, 9.17) is 20.8 Å². The van der Waals surface area contributed by atoms with Gasteiger partial charge >= 0.3 is 17.9 Å². The zero-order valence-corrected chi connectivity index (χ0v) is 27.9. The molecule has 14 heteroatoms. The second-order valence-electron chi connectivity index (χ2n) is 10.1. The number of carbonyl (C=O) groups is 1. The van der Waals surface area contributed by atoms with Gasteiger partial charge < -0.3 is 14.1 Å². The number of likely N-dealkylation sites (N-methyl/N-ethyl adjacent to an activating group) is 2. The molecule has 0 saturated heterocycles. The number of nitrogens with zero attached hydrogens (tertiary/aromatic N) is 4. The zero-order valence-electron chi connectivity index (χ0n) is 25.6. The summed E-state index contributed by atoms with van der Waals surface area (Å²) in [6.45, 7) is 11.6. The number of hydrogen-bond donors (Lipinski definition) is 0. The molecule has 0 spiro atoms. The molecule has 1 heterocycles. The van der Waals surface area contributed by atoms with Crippen molar-refractivity contribution in [3.05, 3.63) is 105 Å². The van der Waals surface area contributed by atoms with Gasteiger partial charge in [0.1, 0.15) is 5.75 Å². The number of esters is 1. The molecule has 0 aliphatic heterocycles. The number of benzene rings is 3. The molecule has 0 amide bonds. The number of carbonyl (C=O) groups excluding carboxylic acids is 1. The Labute approximate surface area is 282 Å². The number of ether oxygens (including phenoxy) is 1. The van der Waals surface area contributed by atoms with Crippen molar-refractivity contribution in [3.63, 3.8) is 0 Å². The van der Waals surface area contributed by atoms with Crippen molar-refractivity contribution in [2.24, 2.45) is 0 Å². The first-order chi connectivity index (χ1) is 21.0. The average molecular weight is 704 g/mol. The summed E-state index contributed by atoms with van der Waals surface area (Å²) in [6, 6.07) is 16.0. The minimum absolute atomic E-state index is 0. The molecule has 0 saturated carbocycles. The van der Waals surface area contributed by atoms with Crippen LogP contribution in [0.25, 0.3) is 11.5 Å². The largest absolute Gasteiger partial charge is 0.437 e. The third-order valence-corrected chi connectivity index (χ3v) is 7.49. The van der Waals surface area contributed by atoms with E-state index in [1.165, 1.54) is 24.3 Å². The van der Waals surface area contributed by atoms with E-state index in [0.29, 0.717) is 22.7 Å². The van der Waals surface area contributed by atoms with E-state index in [9.17, 15) is 22.8 Å². The van der Waals surface area contributed by atoms with E-state index in [-0.39, 0.29) is 48.6 Å². The summed E-state index contributed by atoms with van der Waals surface area (Å²) in [6.07, 6.45) is -4.50. The molecule has 8 nitrogen and oxygen atoms in total. The van der Waals surface area contributed by atoms with Crippen LogP contribution in [0.1, 0.15) is 47.8 Å². The summed E-state index contributed by atoms with van der Waals surface area (Å²) in [5, 5.41) is 4.46. The van der Waals surface area contributed by atoms with Crippen LogP contribution in [0, 0.1) is 0 Å². The molecule has 0 N–H and O–H groups in total. The van der Waals surface area contributed by atoms with Crippen LogP contribution in [0.15, 0.2) is 75.9 Å². The summed E-state index contributed by atoms with van der Waals surface area (Å²) in [7, 11) is 0. The number of aromatic nitrogens is 2. The lowest BCUT2D eigenvalue weighted by atomic mass is 10.1. The molecule has 0 unspecified atom stereocenters. The summed E-state index contributed by atoms with van der Waals surface area (Å²) in [4.78, 5) is 30.4. The van der Waals surface area contributed by atoms with Crippen molar-refractivity contribution in [2.45, 2.75) is 40.0 Å². The van der Waals surface area contributed by atoms with E-state index in [2.05, 4.69) is 35.7 Å². The highest BCUT2D eigenvalue weighted by Gasteiger charge is 2.30. The maximum atomic E-state index is 13.2. The lowest BCUT2D eigenvalue weighted by Gasteiger charge is -2.25. The van der Waals surface area contributed by atoms with Crippen LogP contribution >= 0.6 is 36.4 Å². The first-order valence-corrected chi connectivity index (χ1v) is 14.7. The Balaban J connectivity index is 0.00000368. The SMILES string of the molecule is CCN(CC)CCN(CC)Cc1cccc(C(=O)Oc2ccc(Cl)cc2Cn2nc(-c3ccc(C(F)(F)F)cc3)oc2=O)c1.Cl.Cl. The van der Waals surface area contributed by atoms with Crippen LogP contribution in [-0.2, 0) is 19.3 Å². The maximum Gasteiger partial charge on any atom is 0.437 e. The predicted octanol–water partition coefficient (Wildman–Crippen LogP) is 7.45. The van der Waals surface area contributed by atoms with Crippen LogP contribution < -0.4 is 10.5 Å². The monoisotopic (exact) mass is 702 g/mol. The fourth-order valence-corrected chi connectivity index (χ4v) is 4.84. The molecule has 250 valence electrons. The fourth-order valence-electron chi connectivity index (χ4n) is 4.64. The molecule has 4 aromatic rings. The van der Waals surface area contributed by atoms with Gasteiger partial charge in [-0.05, 0) is 79.8 Å². The summed E-state index contributed by atoms with van der Waals surface area (Å²) < 4.78 is 50.7. The van der Waals surface area contributed by atoms with Gasteiger partial charge in [0.15, 0.2) is 0 Å². The molecule has 0 aliphatic rings. The highest BCUT2D eigenvalue weighted by atomic mass is 35.5. The molecule has 3 aromatic carbocycles. The average Bonchev–Trinajstić information content (AvgIpc) is 3.37. The Bertz CT molecular complexity index is 1620. The van der Waals surface area contributed by atoms with E-state index >= 15 is 0 Å². The summed E-state index contributed by atoms with van der Waals surface area (Å²) >= 11 is 6.20. The molecular formula is C32H36Cl3F3N4O4. The van der Waals surface area contributed by atoms with Gasteiger partial charge in [0, 0.05) is 35.8 Å². The Morgan fingerprint density at radius 1 is 0.935 bits per heavy atom. The topological polar surface area (TPSA) is 80.8 Å². The van der Waals surface area contributed by atoms with Crippen LogP contribution in [-0.4, -0.2) is 58.3 Å². The molecule has 4 rings (SSSR count). The number of hydrogen-bond acceptors (Lipinski definition) is 7. The molecule has 0 radical (unpaired) electrons. The lowest BCUT2D eigenvalue weighted by Crippen LogP contribution is -2.34. The van der Waals surface area contributed by atoms with Gasteiger partial charge in [-0.25, -0.2) is 9.59 Å². The smallest absolute Gasteiger partial charge is 0.423 e. The van der Waals surface area contributed by atoms with Crippen molar-refractivity contribution >= 4 is 42.4 Å². The Hall–Kier alpha value is -3.35. The Kier molecular flexibility index (Phi) is 14.8. The van der Waals surface area contributed by atoms with Crippen LogP contribution in [0.2, 0.25) is 5.02 Å². The molecule has 0 bridgehead atoms. The standard InChI is InChI=1S/C32H34ClF3N4O4.2ClH/c1-4-38(5-2)16-17-39(6-3)20-22-8-7-9-24(18-22)30(41)43-28-15-14-27(33)19-25(28)21-40-31(42)44-29(37-40)23-10-12-26(13-11-23)32(34,35)36;;/h7-15,18-19H,4-6,16-17,20-21H2,1-3H3;2*1H. The van der Waals surface area contributed by atoms with Crippen molar-refractivity contribution in [1.29, 1.82) is 0 Å². The fraction of sp³-hybridized carbons (Fsp3) is 0.344. The van der Waals surface area contributed by atoms with Crippen molar-refractivity contribution in [1.82, 2.24) is 19.6 Å². The number of rotatable bonds is 13. The van der Waals surface area contributed by atoms with Gasteiger partial charge in [0.25, 0.3) is 0 Å². The molecule has 0 aliphatic carbocycles. The van der Waals surface area contributed by atoms with E-state index in [1.54, 1.807) is 18.2 Å². The van der Waals surface area contributed by atoms with Gasteiger partial charge in [0.2, 0.25) is 5.89 Å². The zero-order chi connectivity index (χ0) is 31.9. The molecule has 0 fully saturated rings. The second-order valence-corrected chi connectivity index (χ2v) is 10.6. The van der Waals surface area contributed by atoms with Crippen LogP contribution in [0.4, 0.5) is 13.2 Å². The van der Waals surface area contributed by atoms with Crippen molar-refractivity contribution < 1.29 is 27.1 Å². The van der Waals surface area contributed by atoms with Crippen molar-refractivity contribution in [3.8, 4) is 17.2 Å². The van der Waals surface area contributed by atoms with Crippen LogP contribution in [0.5, 0.6) is 5.75 Å². The van der Waals surface area contributed by atoms with Gasteiger partial charge in [0.05, 0.1) is 17.7 Å². The predicted molar refractivity (Wildman–Crippen MR) is 176 cm³/mol. The minimum atomic E-state index is -4.50. The van der Waals surface area contributed by atoms with Gasteiger partial charge in [-0.15, -0.1) is 29.9 Å². The van der Waals surface area contributed by atoms with Gasteiger partial charge in [-0.2, -0.15) is 17.9 Å². The minimum Gasteiger partial charge on any atom is -0.423 e. The number of halogens is 6. The third-order valence-electron chi connectivity index (χ3n) is 7.25. The molecule has 1 aromatic heterocycles. The lowest BCUT2D eigenvalue weighted by molar-refractivity contribution is -0.137. The molecule has 0 atom stereocenters. The first-order valence-electron chi connectivity index (χ1n) is 14.3. The highest BCUT2D eigenvalue weighted by molar-refractivity contribution is 6.30. The highest BCUT2D eigenvalue weighted by Crippen LogP contribution is 2.31.